The van der Waals surface area contributed by atoms with Crippen LogP contribution in [0.1, 0.15) is 21.7 Å². The highest BCUT2D eigenvalue weighted by Gasteiger charge is 2.11. The third kappa shape index (κ3) is 1.98. The molecule has 3 heteroatoms. The van der Waals surface area contributed by atoms with Crippen molar-refractivity contribution in [2.24, 2.45) is 0 Å². The first-order valence-corrected chi connectivity index (χ1v) is 5.12. The second-order valence-electron chi connectivity index (χ2n) is 3.74. The molecular formula is C13H13NO2. The predicted molar refractivity (Wildman–Crippen MR) is 61.7 cm³/mol. The van der Waals surface area contributed by atoms with Gasteiger partial charge in [0.2, 0.25) is 0 Å². The molecule has 0 saturated carbocycles. The fourth-order valence-electron chi connectivity index (χ4n) is 1.73. The summed E-state index contributed by atoms with van der Waals surface area (Å²) in [6, 6.07) is 13.3. The third-order valence-corrected chi connectivity index (χ3v) is 2.60. The SMILES string of the molecule is Cc1ccc(C(=O)O)n1Cc1ccccc1. The molecule has 0 aliphatic carbocycles. The van der Waals surface area contributed by atoms with Gasteiger partial charge in [-0.1, -0.05) is 30.3 Å². The van der Waals surface area contributed by atoms with E-state index in [9.17, 15) is 4.79 Å². The average Bonchev–Trinajstić information content (AvgIpc) is 2.62. The van der Waals surface area contributed by atoms with Gasteiger partial charge >= 0.3 is 5.97 Å². The number of carboxylic acids is 1. The van der Waals surface area contributed by atoms with Crippen LogP contribution in [0.2, 0.25) is 0 Å². The summed E-state index contributed by atoms with van der Waals surface area (Å²) in [4.78, 5) is 11.0. The summed E-state index contributed by atoms with van der Waals surface area (Å²) in [5.41, 5.74) is 2.40. The number of benzene rings is 1. The Morgan fingerprint density at radius 3 is 2.50 bits per heavy atom. The maximum Gasteiger partial charge on any atom is 0.352 e. The summed E-state index contributed by atoms with van der Waals surface area (Å²) in [5, 5.41) is 9.04. The van der Waals surface area contributed by atoms with Gasteiger partial charge in [0, 0.05) is 12.2 Å². The largest absolute Gasteiger partial charge is 0.477 e. The lowest BCUT2D eigenvalue weighted by molar-refractivity contribution is 0.0685. The summed E-state index contributed by atoms with van der Waals surface area (Å²) in [6.45, 7) is 2.51. The van der Waals surface area contributed by atoms with Crippen molar-refractivity contribution in [2.45, 2.75) is 13.5 Å². The summed E-state index contributed by atoms with van der Waals surface area (Å²) >= 11 is 0. The number of nitrogens with zero attached hydrogens (tertiary/aromatic N) is 1. The van der Waals surface area contributed by atoms with Crippen molar-refractivity contribution in [1.82, 2.24) is 4.57 Å². The van der Waals surface area contributed by atoms with Gasteiger partial charge in [-0.25, -0.2) is 4.79 Å². The Bertz CT molecular complexity index is 500. The molecule has 0 spiro atoms. The molecule has 0 atom stereocenters. The molecule has 1 aromatic carbocycles. The lowest BCUT2D eigenvalue weighted by atomic mass is 10.2. The van der Waals surface area contributed by atoms with E-state index in [2.05, 4.69) is 0 Å². The highest BCUT2D eigenvalue weighted by molar-refractivity contribution is 5.86. The van der Waals surface area contributed by atoms with Crippen LogP contribution in [0.5, 0.6) is 0 Å². The van der Waals surface area contributed by atoms with Gasteiger partial charge in [0.15, 0.2) is 0 Å². The molecule has 1 N–H and O–H groups in total. The van der Waals surface area contributed by atoms with Crippen LogP contribution in [0, 0.1) is 6.92 Å². The molecule has 0 radical (unpaired) electrons. The monoisotopic (exact) mass is 215 g/mol. The quantitative estimate of drug-likeness (QED) is 0.854. The van der Waals surface area contributed by atoms with Gasteiger partial charge in [0.05, 0.1) is 0 Å². The van der Waals surface area contributed by atoms with Crippen molar-refractivity contribution in [3.63, 3.8) is 0 Å². The van der Waals surface area contributed by atoms with Crippen LogP contribution < -0.4 is 0 Å². The number of hydrogen-bond donors (Lipinski definition) is 1. The maximum absolute atomic E-state index is 11.0. The van der Waals surface area contributed by atoms with Crippen molar-refractivity contribution in [1.29, 1.82) is 0 Å². The molecule has 1 aromatic heterocycles. The predicted octanol–water partition coefficient (Wildman–Crippen LogP) is 2.54. The molecule has 0 fully saturated rings. The zero-order valence-electron chi connectivity index (χ0n) is 9.05. The molecule has 0 amide bonds. The minimum atomic E-state index is -0.885. The van der Waals surface area contributed by atoms with Gasteiger partial charge in [0.1, 0.15) is 5.69 Å². The van der Waals surface area contributed by atoms with Crippen molar-refractivity contribution in [2.75, 3.05) is 0 Å². The van der Waals surface area contributed by atoms with Gasteiger partial charge in [-0.3, -0.25) is 0 Å². The van der Waals surface area contributed by atoms with Gasteiger partial charge in [-0.15, -0.1) is 0 Å². The summed E-state index contributed by atoms with van der Waals surface area (Å²) in [6.07, 6.45) is 0. The zero-order valence-corrected chi connectivity index (χ0v) is 9.05. The Hall–Kier alpha value is -2.03. The van der Waals surface area contributed by atoms with E-state index in [4.69, 9.17) is 5.11 Å². The van der Waals surface area contributed by atoms with E-state index < -0.39 is 5.97 Å². The summed E-state index contributed by atoms with van der Waals surface area (Å²) in [5.74, 6) is -0.885. The number of carboxylic acid groups (broad SMARTS) is 1. The Morgan fingerprint density at radius 2 is 1.88 bits per heavy atom. The van der Waals surface area contributed by atoms with Crippen LogP contribution >= 0.6 is 0 Å². The fraction of sp³-hybridized carbons (Fsp3) is 0.154. The second-order valence-corrected chi connectivity index (χ2v) is 3.74. The third-order valence-electron chi connectivity index (χ3n) is 2.60. The summed E-state index contributed by atoms with van der Waals surface area (Å²) in [7, 11) is 0. The van der Waals surface area contributed by atoms with Gasteiger partial charge < -0.3 is 9.67 Å². The van der Waals surface area contributed by atoms with Crippen LogP contribution in [0.15, 0.2) is 42.5 Å². The molecule has 1 heterocycles. The first-order valence-electron chi connectivity index (χ1n) is 5.12. The van der Waals surface area contributed by atoms with E-state index in [0.717, 1.165) is 11.3 Å². The van der Waals surface area contributed by atoms with Gasteiger partial charge in [-0.05, 0) is 24.6 Å². The van der Waals surface area contributed by atoms with Crippen LogP contribution in [0.3, 0.4) is 0 Å². The first-order chi connectivity index (χ1) is 7.68. The second kappa shape index (κ2) is 4.23. The van der Waals surface area contributed by atoms with Crippen LogP contribution in [-0.4, -0.2) is 15.6 Å². The molecule has 2 aromatic rings. The maximum atomic E-state index is 11.0. The van der Waals surface area contributed by atoms with Gasteiger partial charge in [-0.2, -0.15) is 0 Å². The van der Waals surface area contributed by atoms with Crippen molar-refractivity contribution in [3.05, 3.63) is 59.4 Å². The Labute approximate surface area is 94.0 Å². The van der Waals surface area contributed by atoms with E-state index in [-0.39, 0.29) is 0 Å². The lowest BCUT2D eigenvalue weighted by Crippen LogP contribution is -2.10. The highest BCUT2D eigenvalue weighted by atomic mass is 16.4. The van der Waals surface area contributed by atoms with E-state index in [1.807, 2.05) is 43.3 Å². The molecule has 16 heavy (non-hydrogen) atoms. The number of aromatic nitrogens is 1. The average molecular weight is 215 g/mol. The van der Waals surface area contributed by atoms with E-state index >= 15 is 0 Å². The fourth-order valence-corrected chi connectivity index (χ4v) is 1.73. The van der Waals surface area contributed by atoms with Gasteiger partial charge in [0.25, 0.3) is 0 Å². The summed E-state index contributed by atoms with van der Waals surface area (Å²) < 4.78 is 1.80. The number of carbonyl (C=O) groups is 1. The number of hydrogen-bond acceptors (Lipinski definition) is 1. The van der Waals surface area contributed by atoms with Crippen molar-refractivity contribution in [3.8, 4) is 0 Å². The van der Waals surface area contributed by atoms with Crippen LogP contribution in [0.25, 0.3) is 0 Å². The molecule has 2 rings (SSSR count). The van der Waals surface area contributed by atoms with E-state index in [0.29, 0.717) is 12.2 Å². The smallest absolute Gasteiger partial charge is 0.352 e. The standard InChI is InChI=1S/C13H13NO2/c1-10-7-8-12(13(15)16)14(10)9-11-5-3-2-4-6-11/h2-8H,9H2,1H3,(H,15,16). The zero-order chi connectivity index (χ0) is 11.5. The Morgan fingerprint density at radius 1 is 1.19 bits per heavy atom. The Kier molecular flexibility index (Phi) is 2.77. The van der Waals surface area contributed by atoms with Crippen molar-refractivity contribution >= 4 is 5.97 Å². The molecule has 0 bridgehead atoms. The number of rotatable bonds is 3. The normalized spacial score (nSPS) is 10.3. The molecule has 82 valence electrons. The molecule has 0 aliphatic rings. The van der Waals surface area contributed by atoms with E-state index in [1.54, 1.807) is 10.6 Å². The Balaban J connectivity index is 2.34. The molecule has 0 aliphatic heterocycles. The first kappa shape index (κ1) is 10.5. The molecular weight excluding hydrogens is 202 g/mol. The number of aromatic carboxylic acids is 1. The van der Waals surface area contributed by atoms with Crippen molar-refractivity contribution < 1.29 is 9.90 Å². The van der Waals surface area contributed by atoms with E-state index in [1.165, 1.54) is 0 Å². The topological polar surface area (TPSA) is 42.2 Å². The minimum absolute atomic E-state index is 0.335. The molecule has 0 saturated heterocycles. The highest BCUT2D eigenvalue weighted by Crippen LogP contribution is 2.12. The van der Waals surface area contributed by atoms with Crippen LogP contribution in [-0.2, 0) is 6.54 Å². The number of aryl methyl sites for hydroxylation is 1. The minimum Gasteiger partial charge on any atom is -0.477 e. The lowest BCUT2D eigenvalue weighted by Gasteiger charge is -2.09. The van der Waals surface area contributed by atoms with Crippen LogP contribution in [0.4, 0.5) is 0 Å². The molecule has 3 nitrogen and oxygen atoms in total. The molecule has 0 unspecified atom stereocenters.